The number of benzene rings is 1. The predicted molar refractivity (Wildman–Crippen MR) is 104 cm³/mol. The quantitative estimate of drug-likeness (QED) is 0.248. The Morgan fingerprint density at radius 3 is 2.48 bits per heavy atom. The topological polar surface area (TPSA) is 129 Å². The lowest BCUT2D eigenvalue weighted by Crippen LogP contribution is -2.24. The van der Waals surface area contributed by atoms with Gasteiger partial charge in [0.2, 0.25) is 5.78 Å². The van der Waals surface area contributed by atoms with Crippen LogP contribution < -0.4 is 0 Å². The van der Waals surface area contributed by atoms with Crippen molar-refractivity contribution in [2.45, 2.75) is 26.9 Å². The van der Waals surface area contributed by atoms with Crippen LogP contribution in [0.2, 0.25) is 0 Å². The highest BCUT2D eigenvalue weighted by Crippen LogP contribution is 2.21. The Morgan fingerprint density at radius 2 is 1.86 bits per heavy atom. The number of aryl methyl sites for hydroxylation is 1. The van der Waals surface area contributed by atoms with Gasteiger partial charge in [-0.3, -0.25) is 14.9 Å². The minimum atomic E-state index is -1.14. The number of hydrogen-bond donors (Lipinski definition) is 1. The number of aromatic amines is 1. The van der Waals surface area contributed by atoms with Gasteiger partial charge in [0.25, 0.3) is 5.69 Å². The maximum absolute atomic E-state index is 12.6. The average Bonchev–Trinajstić information content (AvgIpc) is 2.99. The molecule has 0 spiro atoms. The van der Waals surface area contributed by atoms with Crippen molar-refractivity contribution in [3.05, 3.63) is 68.5 Å². The molecule has 0 aliphatic heterocycles. The van der Waals surface area contributed by atoms with E-state index in [1.807, 2.05) is 0 Å². The van der Waals surface area contributed by atoms with Gasteiger partial charge in [-0.05, 0) is 38.5 Å². The van der Waals surface area contributed by atoms with Gasteiger partial charge >= 0.3 is 11.9 Å². The molecule has 1 aromatic carbocycles. The maximum atomic E-state index is 12.6. The molecule has 9 nitrogen and oxygen atoms in total. The summed E-state index contributed by atoms with van der Waals surface area (Å²) in [6.45, 7) is 4.61. The Morgan fingerprint density at radius 1 is 1.21 bits per heavy atom. The summed E-state index contributed by atoms with van der Waals surface area (Å²) in [7, 11) is 1.24. The molecule has 2 rings (SSSR count). The summed E-state index contributed by atoms with van der Waals surface area (Å²) in [6.07, 6.45) is 1.12. The predicted octanol–water partition coefficient (Wildman–Crippen LogP) is 3.15. The number of rotatable bonds is 7. The molecule has 9 heteroatoms. The molecular weight excluding hydrogens is 380 g/mol. The van der Waals surface area contributed by atoms with E-state index in [2.05, 4.69) is 4.98 Å². The maximum Gasteiger partial charge on any atom is 0.339 e. The van der Waals surface area contributed by atoms with Crippen LogP contribution in [-0.4, -0.2) is 40.8 Å². The Hall–Kier alpha value is -3.75. The minimum absolute atomic E-state index is 0.144. The number of carbonyl (C=O) groups excluding carboxylic acids is 3. The zero-order valence-electron chi connectivity index (χ0n) is 16.3. The zero-order valence-corrected chi connectivity index (χ0v) is 16.3. The van der Waals surface area contributed by atoms with Crippen LogP contribution in [0, 0.1) is 24.0 Å². The van der Waals surface area contributed by atoms with Gasteiger partial charge in [-0.1, -0.05) is 12.1 Å². The fourth-order valence-electron chi connectivity index (χ4n) is 2.83. The number of nitrogens with one attached hydrogen (secondary N) is 1. The molecule has 1 heterocycles. The van der Waals surface area contributed by atoms with Gasteiger partial charge in [0.15, 0.2) is 6.10 Å². The van der Waals surface area contributed by atoms with Crippen molar-refractivity contribution in [2.24, 2.45) is 0 Å². The zero-order chi connectivity index (χ0) is 21.7. The fraction of sp³-hybridized carbons (Fsp3) is 0.250. The van der Waals surface area contributed by atoms with Crippen molar-refractivity contribution >= 4 is 29.5 Å². The van der Waals surface area contributed by atoms with Crippen LogP contribution in [0.5, 0.6) is 0 Å². The summed E-state index contributed by atoms with van der Waals surface area (Å²) in [6, 6.07) is 5.90. The standard InChI is InChI=1S/C20H20N2O7/c1-11-17(20(25)28-4)12(2)21-18(11)19(24)13(3)29-16(23)10-9-14-7-5-6-8-15(14)22(26)27/h5-10,13,21H,1-4H3/b10-9+/t13-/m1/s1. The first-order chi connectivity index (χ1) is 13.7. The number of nitro groups is 1. The highest BCUT2D eigenvalue weighted by atomic mass is 16.6. The van der Waals surface area contributed by atoms with Crippen LogP contribution in [0.1, 0.15) is 44.6 Å². The number of ketones is 1. The van der Waals surface area contributed by atoms with Gasteiger partial charge in [0.05, 0.1) is 28.9 Å². The lowest BCUT2D eigenvalue weighted by molar-refractivity contribution is -0.385. The van der Waals surface area contributed by atoms with Crippen LogP contribution in [0.4, 0.5) is 5.69 Å². The molecule has 152 valence electrons. The van der Waals surface area contributed by atoms with E-state index in [1.54, 1.807) is 19.9 Å². The number of ether oxygens (including phenoxy) is 2. The summed E-state index contributed by atoms with van der Waals surface area (Å²) >= 11 is 0. The Labute approximate surface area is 166 Å². The van der Waals surface area contributed by atoms with Gasteiger partial charge in [0, 0.05) is 17.8 Å². The van der Waals surface area contributed by atoms with Crippen LogP contribution in [-0.2, 0) is 14.3 Å². The molecule has 0 unspecified atom stereocenters. The number of nitro benzene ring substituents is 1. The molecular formula is C20H20N2O7. The van der Waals surface area contributed by atoms with E-state index in [9.17, 15) is 24.5 Å². The molecule has 0 amide bonds. The molecule has 0 aliphatic carbocycles. The molecule has 1 atom stereocenters. The number of aromatic nitrogens is 1. The van der Waals surface area contributed by atoms with Crippen LogP contribution in [0.3, 0.4) is 0 Å². The third-order valence-electron chi connectivity index (χ3n) is 4.27. The first-order valence-corrected chi connectivity index (χ1v) is 8.61. The number of carbonyl (C=O) groups is 3. The number of Topliss-reactive ketones (excluding diaryl/α,β-unsaturated/α-hetero) is 1. The highest BCUT2D eigenvalue weighted by Gasteiger charge is 2.27. The monoisotopic (exact) mass is 400 g/mol. The van der Waals surface area contributed by atoms with Crippen molar-refractivity contribution in [1.29, 1.82) is 0 Å². The number of para-hydroxylation sites is 1. The molecule has 1 N–H and O–H groups in total. The molecule has 1 aromatic heterocycles. The van der Waals surface area contributed by atoms with E-state index in [0.717, 1.165) is 6.08 Å². The average molecular weight is 400 g/mol. The van der Waals surface area contributed by atoms with Crippen LogP contribution >= 0.6 is 0 Å². The first-order valence-electron chi connectivity index (χ1n) is 8.61. The first kappa shape index (κ1) is 21.5. The van der Waals surface area contributed by atoms with E-state index in [1.165, 1.54) is 38.3 Å². The van der Waals surface area contributed by atoms with Crippen molar-refractivity contribution in [3.8, 4) is 0 Å². The summed E-state index contributed by atoms with van der Waals surface area (Å²) < 4.78 is 9.80. The summed E-state index contributed by atoms with van der Waals surface area (Å²) in [5, 5.41) is 11.0. The van der Waals surface area contributed by atoms with E-state index in [-0.39, 0.29) is 22.5 Å². The summed E-state index contributed by atoms with van der Waals surface area (Å²) in [4.78, 5) is 49.8. The van der Waals surface area contributed by atoms with E-state index >= 15 is 0 Å². The second-order valence-electron chi connectivity index (χ2n) is 6.21. The van der Waals surface area contributed by atoms with Gasteiger partial charge in [0.1, 0.15) is 0 Å². The Kier molecular flexibility index (Phi) is 6.66. The Balaban J connectivity index is 2.13. The second kappa shape index (κ2) is 8.96. The molecule has 0 aliphatic rings. The van der Waals surface area contributed by atoms with Gasteiger partial charge < -0.3 is 14.5 Å². The van der Waals surface area contributed by atoms with Gasteiger partial charge in [-0.2, -0.15) is 0 Å². The third kappa shape index (κ3) is 4.75. The normalized spacial score (nSPS) is 11.9. The van der Waals surface area contributed by atoms with Crippen molar-refractivity contribution in [1.82, 2.24) is 4.98 Å². The molecule has 0 radical (unpaired) electrons. The molecule has 0 saturated carbocycles. The smallest absolute Gasteiger partial charge is 0.339 e. The van der Waals surface area contributed by atoms with E-state index in [4.69, 9.17) is 9.47 Å². The highest BCUT2D eigenvalue weighted by molar-refractivity contribution is 6.04. The van der Waals surface area contributed by atoms with Crippen molar-refractivity contribution < 1.29 is 28.8 Å². The SMILES string of the molecule is COC(=O)c1c(C)[nH]c(C(=O)[C@@H](C)OC(=O)/C=C/c2ccccc2[N+](=O)[O-])c1C. The fourth-order valence-corrected chi connectivity index (χ4v) is 2.83. The van der Waals surface area contributed by atoms with Gasteiger partial charge in [-0.15, -0.1) is 0 Å². The van der Waals surface area contributed by atoms with Crippen molar-refractivity contribution in [3.63, 3.8) is 0 Å². The number of methoxy groups -OCH3 is 1. The number of hydrogen-bond acceptors (Lipinski definition) is 7. The van der Waals surface area contributed by atoms with E-state index < -0.39 is 28.7 Å². The molecule has 29 heavy (non-hydrogen) atoms. The van der Waals surface area contributed by atoms with Gasteiger partial charge in [-0.25, -0.2) is 9.59 Å². The lowest BCUT2D eigenvalue weighted by atomic mass is 10.1. The molecule has 0 fully saturated rings. The Bertz CT molecular complexity index is 1000. The molecule has 0 saturated heterocycles. The minimum Gasteiger partial charge on any atom is -0.465 e. The summed E-state index contributed by atoms with van der Waals surface area (Å²) in [5.74, 6) is -1.93. The molecule has 2 aromatic rings. The number of esters is 2. The van der Waals surface area contributed by atoms with E-state index in [0.29, 0.717) is 11.3 Å². The molecule has 0 bridgehead atoms. The largest absolute Gasteiger partial charge is 0.465 e. The van der Waals surface area contributed by atoms with Crippen LogP contribution in [0.15, 0.2) is 30.3 Å². The number of nitrogens with zero attached hydrogens (tertiary/aromatic N) is 1. The second-order valence-corrected chi connectivity index (χ2v) is 6.21. The van der Waals surface area contributed by atoms with Crippen molar-refractivity contribution in [2.75, 3.05) is 7.11 Å². The third-order valence-corrected chi connectivity index (χ3v) is 4.27. The summed E-state index contributed by atoms with van der Waals surface area (Å²) in [5.41, 5.74) is 1.34. The number of H-pyrrole nitrogens is 1. The lowest BCUT2D eigenvalue weighted by Gasteiger charge is -2.10. The van der Waals surface area contributed by atoms with Crippen LogP contribution in [0.25, 0.3) is 6.08 Å².